The van der Waals surface area contributed by atoms with Crippen LogP contribution in [0.2, 0.25) is 0 Å². The smallest absolute Gasteiger partial charge is 0.314 e. The molecule has 0 saturated carbocycles. The minimum atomic E-state index is -1.53. The first-order valence-corrected chi connectivity index (χ1v) is 9.51. The largest absolute Gasteiger partial charge is 0.748 e. The summed E-state index contributed by atoms with van der Waals surface area (Å²) in [5.41, 5.74) is -1.01. The van der Waals surface area contributed by atoms with Crippen molar-refractivity contribution in [2.45, 2.75) is 58.0 Å². The summed E-state index contributed by atoms with van der Waals surface area (Å²) in [6.45, 7) is 4.86. The van der Waals surface area contributed by atoms with Crippen molar-refractivity contribution in [1.82, 2.24) is 0 Å². The predicted octanol–water partition coefficient (Wildman–Crippen LogP) is 4.35. The molecule has 0 spiro atoms. The van der Waals surface area contributed by atoms with E-state index in [9.17, 15) is 14.4 Å². The van der Waals surface area contributed by atoms with Crippen molar-refractivity contribution < 1.29 is 36.2 Å². The van der Waals surface area contributed by atoms with Crippen LogP contribution in [0.1, 0.15) is 52.0 Å². The molecule has 2 unspecified atom stereocenters. The van der Waals surface area contributed by atoms with Crippen LogP contribution in [0.25, 0.3) is 0 Å². The zero-order chi connectivity index (χ0) is 21.0. The van der Waals surface area contributed by atoms with Gasteiger partial charge in [-0.3, -0.25) is 14.4 Å². The Bertz CT molecular complexity index is 751. The summed E-state index contributed by atoms with van der Waals surface area (Å²) in [7, 11) is 0. The summed E-state index contributed by atoms with van der Waals surface area (Å²) < 4.78 is 5.25. The Morgan fingerprint density at radius 3 is 2.03 bits per heavy atom. The quantitative estimate of drug-likeness (QED) is 0.112. The Balaban J connectivity index is 0.00000113. The van der Waals surface area contributed by atoms with Crippen molar-refractivity contribution in [3.63, 3.8) is 0 Å². The van der Waals surface area contributed by atoms with Gasteiger partial charge in [0.05, 0.1) is 0 Å². The normalized spacial score (nSPS) is 12.8. The van der Waals surface area contributed by atoms with Gasteiger partial charge in [-0.05, 0) is 26.2 Å². The van der Waals surface area contributed by atoms with E-state index in [1.807, 2.05) is 37.3 Å². The van der Waals surface area contributed by atoms with E-state index < -0.39 is 23.3 Å². The van der Waals surface area contributed by atoms with Gasteiger partial charge >= 0.3 is 5.97 Å². The molecular formula is C24H28FeO4-6. The van der Waals surface area contributed by atoms with Gasteiger partial charge in [-0.2, -0.15) is 12.1 Å². The first-order chi connectivity index (χ1) is 13.4. The Kier molecular flexibility index (Phi) is 12.6. The van der Waals surface area contributed by atoms with E-state index in [0.717, 1.165) is 12.8 Å². The standard InChI is InChI=1S/C19H23O4.C5H5.Fe/c1-5-7-10-13-19(17(21)6-2,16-11-8-9-12-16)18(22)23-15(4)14(3)20;1-2-4-5-3-1;/h2,8-9,11-12,15H,5,7,10,13H2,1,3-4H3;1-5H;/q-1;-5;. The van der Waals surface area contributed by atoms with Crippen LogP contribution in [0.4, 0.5) is 0 Å². The molecule has 0 fully saturated rings. The van der Waals surface area contributed by atoms with Crippen molar-refractivity contribution in [3.8, 4) is 12.3 Å². The summed E-state index contributed by atoms with van der Waals surface area (Å²) in [6, 6.07) is 16.9. The van der Waals surface area contributed by atoms with Crippen LogP contribution in [0, 0.1) is 12.3 Å². The number of hydrogen-bond acceptors (Lipinski definition) is 4. The third-order valence-corrected chi connectivity index (χ3v) is 4.59. The molecule has 4 nitrogen and oxygen atoms in total. The zero-order valence-electron chi connectivity index (χ0n) is 17.2. The minimum absolute atomic E-state index is 0. The molecule has 162 valence electrons. The van der Waals surface area contributed by atoms with Gasteiger partial charge < -0.3 is 35.1 Å². The third kappa shape index (κ3) is 7.49. The summed E-state index contributed by atoms with van der Waals surface area (Å²) >= 11 is 0. The maximum atomic E-state index is 12.8. The van der Waals surface area contributed by atoms with Gasteiger partial charge in [0, 0.05) is 17.1 Å². The average Bonchev–Trinajstić information content (AvgIpc) is 3.41. The van der Waals surface area contributed by atoms with Gasteiger partial charge in [0.15, 0.2) is 11.9 Å². The number of hydrogen-bond donors (Lipinski definition) is 0. The average molecular weight is 436 g/mol. The Labute approximate surface area is 184 Å². The monoisotopic (exact) mass is 436 g/mol. The van der Waals surface area contributed by atoms with Gasteiger partial charge in [-0.15, -0.1) is 12.0 Å². The molecule has 0 heterocycles. The Morgan fingerprint density at radius 1 is 1.10 bits per heavy atom. The molecular weight excluding hydrogens is 408 g/mol. The molecule has 29 heavy (non-hydrogen) atoms. The van der Waals surface area contributed by atoms with Gasteiger partial charge in [0.1, 0.15) is 5.41 Å². The van der Waals surface area contributed by atoms with Crippen molar-refractivity contribution in [1.29, 1.82) is 0 Å². The fourth-order valence-corrected chi connectivity index (χ4v) is 2.79. The number of carbonyl (C=O) groups is 3. The number of ketones is 2. The van der Waals surface area contributed by atoms with E-state index in [1.54, 1.807) is 24.3 Å². The molecule has 5 heteroatoms. The fraction of sp³-hybridized carbons (Fsp3) is 0.375. The van der Waals surface area contributed by atoms with Crippen LogP contribution in [0.3, 0.4) is 0 Å². The van der Waals surface area contributed by atoms with E-state index in [2.05, 4.69) is 5.92 Å². The van der Waals surface area contributed by atoms with E-state index in [-0.39, 0.29) is 29.3 Å². The molecule has 0 radical (unpaired) electrons. The van der Waals surface area contributed by atoms with Crippen LogP contribution < -0.4 is 0 Å². The molecule has 0 bridgehead atoms. The SMILES string of the molecule is C#CC(=O)C(CCCCC)(C(=O)OC(C)C(C)=O)[c-]1cccc1.[Fe].[cH-]1[cH-][cH-][cH-][cH-]1. The summed E-state index contributed by atoms with van der Waals surface area (Å²) in [5, 5.41) is 0. The first kappa shape index (κ1) is 26.6. The summed E-state index contributed by atoms with van der Waals surface area (Å²) in [6.07, 6.45) is 7.17. The minimum Gasteiger partial charge on any atom is -0.748 e. The van der Waals surface area contributed by atoms with E-state index in [1.165, 1.54) is 13.8 Å². The van der Waals surface area contributed by atoms with Crippen LogP contribution in [0.5, 0.6) is 0 Å². The maximum Gasteiger partial charge on any atom is 0.314 e. The zero-order valence-corrected chi connectivity index (χ0v) is 18.3. The topological polar surface area (TPSA) is 60.4 Å². The van der Waals surface area contributed by atoms with Crippen molar-refractivity contribution in [3.05, 3.63) is 60.2 Å². The van der Waals surface area contributed by atoms with Gasteiger partial charge in [0.2, 0.25) is 5.78 Å². The molecule has 2 rings (SSSR count). The van der Waals surface area contributed by atoms with Crippen molar-refractivity contribution in [2.75, 3.05) is 0 Å². The van der Waals surface area contributed by atoms with Gasteiger partial charge in [-0.1, -0.05) is 26.2 Å². The van der Waals surface area contributed by atoms with Crippen LogP contribution in [-0.2, 0) is 41.6 Å². The number of unbranched alkanes of at least 4 members (excludes halogenated alkanes) is 2. The summed E-state index contributed by atoms with van der Waals surface area (Å²) in [4.78, 5) is 36.7. The number of rotatable bonds is 9. The molecule has 2 aromatic rings. The van der Waals surface area contributed by atoms with E-state index >= 15 is 0 Å². The number of carbonyl (C=O) groups excluding carboxylic acids is 3. The Morgan fingerprint density at radius 2 is 1.62 bits per heavy atom. The molecule has 0 aliphatic carbocycles. The molecule has 0 aliphatic heterocycles. The summed E-state index contributed by atoms with van der Waals surface area (Å²) in [5.74, 6) is 0.429. The second-order valence-electron chi connectivity index (χ2n) is 6.63. The van der Waals surface area contributed by atoms with E-state index in [4.69, 9.17) is 11.2 Å². The molecule has 2 atom stereocenters. The van der Waals surface area contributed by atoms with Gasteiger partial charge in [-0.25, -0.2) is 12.1 Å². The van der Waals surface area contributed by atoms with Crippen molar-refractivity contribution >= 4 is 17.5 Å². The second kappa shape index (κ2) is 13.7. The number of Topliss-reactive ketones (excluding diaryl/α,β-unsaturated/α-hetero) is 2. The molecule has 0 saturated heterocycles. The van der Waals surface area contributed by atoms with Crippen LogP contribution in [0.15, 0.2) is 54.6 Å². The molecule has 2 aromatic carbocycles. The maximum absolute atomic E-state index is 12.8. The third-order valence-electron chi connectivity index (χ3n) is 4.59. The molecule has 0 aliphatic rings. The van der Waals surface area contributed by atoms with E-state index in [0.29, 0.717) is 12.0 Å². The van der Waals surface area contributed by atoms with Crippen LogP contribution in [-0.4, -0.2) is 23.6 Å². The second-order valence-corrected chi connectivity index (χ2v) is 6.63. The molecule has 0 N–H and O–H groups in total. The Hall–Kier alpha value is -2.41. The number of esters is 1. The first-order valence-electron chi connectivity index (χ1n) is 9.51. The fourth-order valence-electron chi connectivity index (χ4n) is 2.79. The van der Waals surface area contributed by atoms with Crippen molar-refractivity contribution in [2.24, 2.45) is 0 Å². The van der Waals surface area contributed by atoms with Crippen LogP contribution >= 0.6 is 0 Å². The molecule has 0 aromatic heterocycles. The van der Waals surface area contributed by atoms with Gasteiger partial charge in [0.25, 0.3) is 0 Å². The number of terminal acetylenes is 1. The predicted molar refractivity (Wildman–Crippen MR) is 110 cm³/mol. The number of ether oxygens (including phenoxy) is 1. The molecule has 0 amide bonds.